The van der Waals surface area contributed by atoms with Gasteiger partial charge < -0.3 is 19.5 Å². The Labute approximate surface area is 209 Å². The smallest absolute Gasteiger partial charge is 0.255 e. The van der Waals surface area contributed by atoms with Crippen LogP contribution in [0, 0.1) is 0 Å². The number of nitrogens with one attached hydrogen (secondary N) is 1. The predicted octanol–water partition coefficient (Wildman–Crippen LogP) is 4.80. The van der Waals surface area contributed by atoms with Gasteiger partial charge in [-0.05, 0) is 73.7 Å². The van der Waals surface area contributed by atoms with Gasteiger partial charge in [0.15, 0.2) is 5.75 Å². The molecule has 1 saturated heterocycles. The van der Waals surface area contributed by atoms with Crippen molar-refractivity contribution in [3.8, 4) is 17.2 Å². The van der Waals surface area contributed by atoms with Crippen LogP contribution in [0.25, 0.3) is 0 Å². The summed E-state index contributed by atoms with van der Waals surface area (Å²) in [5.41, 5.74) is 0.580. The Morgan fingerprint density at radius 3 is 2.31 bits per heavy atom. The molecular formula is C25H25ClN2O6S. The van der Waals surface area contributed by atoms with E-state index in [0.29, 0.717) is 41.9 Å². The van der Waals surface area contributed by atoms with Gasteiger partial charge in [0.2, 0.25) is 10.0 Å². The summed E-state index contributed by atoms with van der Waals surface area (Å²) in [5, 5.41) is 3.27. The van der Waals surface area contributed by atoms with Crippen molar-refractivity contribution in [2.45, 2.75) is 11.8 Å². The number of carbonyl (C=O) groups is 1. The maximum Gasteiger partial charge on any atom is 0.255 e. The Hall–Kier alpha value is -3.11. The van der Waals surface area contributed by atoms with Crippen molar-refractivity contribution in [3.63, 3.8) is 0 Å². The van der Waals surface area contributed by atoms with Gasteiger partial charge in [0.05, 0.1) is 30.4 Å². The molecule has 0 bridgehead atoms. The molecule has 1 aliphatic heterocycles. The zero-order valence-electron chi connectivity index (χ0n) is 19.1. The summed E-state index contributed by atoms with van der Waals surface area (Å²) < 4.78 is 44.5. The molecule has 10 heteroatoms. The molecule has 4 rings (SSSR count). The van der Waals surface area contributed by atoms with E-state index < -0.39 is 15.9 Å². The van der Waals surface area contributed by atoms with E-state index in [1.54, 1.807) is 48.5 Å². The SMILES string of the molecule is CCOc1ccc(Oc2ccc(S(=O)(=O)N3CCOCC3)cc2NC(=O)c2ccc(Cl)cc2)cc1. The van der Waals surface area contributed by atoms with Crippen LogP contribution in [0.2, 0.25) is 5.02 Å². The Balaban J connectivity index is 1.66. The van der Waals surface area contributed by atoms with E-state index >= 15 is 0 Å². The van der Waals surface area contributed by atoms with Crippen molar-refractivity contribution >= 4 is 33.2 Å². The first-order valence-electron chi connectivity index (χ1n) is 11.1. The summed E-state index contributed by atoms with van der Waals surface area (Å²) in [6.45, 7) is 3.63. The number of carbonyl (C=O) groups excluding carboxylic acids is 1. The standard InChI is InChI=1S/C25H25ClN2O6S/c1-2-33-20-7-9-21(10-8-20)34-24-12-11-22(35(30,31)28-13-15-32-16-14-28)17-23(24)27-25(29)18-3-5-19(26)6-4-18/h3-12,17H,2,13-16H2,1H3,(H,27,29). The van der Waals surface area contributed by atoms with Crippen molar-refractivity contribution < 1.29 is 27.4 Å². The van der Waals surface area contributed by atoms with Gasteiger partial charge >= 0.3 is 0 Å². The highest BCUT2D eigenvalue weighted by Crippen LogP contribution is 2.34. The van der Waals surface area contributed by atoms with Gasteiger partial charge in [-0.3, -0.25) is 4.79 Å². The lowest BCUT2D eigenvalue weighted by molar-refractivity contribution is 0.0730. The minimum atomic E-state index is -3.78. The van der Waals surface area contributed by atoms with Gasteiger partial charge in [-0.15, -0.1) is 0 Å². The fourth-order valence-electron chi connectivity index (χ4n) is 3.49. The lowest BCUT2D eigenvalue weighted by Gasteiger charge is -2.26. The molecule has 0 atom stereocenters. The molecule has 1 N–H and O–H groups in total. The fourth-order valence-corrected chi connectivity index (χ4v) is 5.05. The highest BCUT2D eigenvalue weighted by molar-refractivity contribution is 7.89. The number of amides is 1. The molecule has 3 aromatic rings. The molecule has 0 radical (unpaired) electrons. The first-order valence-corrected chi connectivity index (χ1v) is 12.9. The molecule has 0 spiro atoms. The number of hydrogen-bond acceptors (Lipinski definition) is 6. The third-order valence-corrected chi connectivity index (χ3v) is 7.42. The third-order valence-electron chi connectivity index (χ3n) is 5.28. The lowest BCUT2D eigenvalue weighted by Crippen LogP contribution is -2.40. The second-order valence-corrected chi connectivity index (χ2v) is 10.0. The van der Waals surface area contributed by atoms with Gasteiger partial charge in [-0.1, -0.05) is 11.6 Å². The summed E-state index contributed by atoms with van der Waals surface area (Å²) in [6, 6.07) is 17.8. The number of hydrogen-bond donors (Lipinski definition) is 1. The van der Waals surface area contributed by atoms with Gasteiger partial charge in [0.1, 0.15) is 11.5 Å². The van der Waals surface area contributed by atoms with Crippen LogP contribution >= 0.6 is 11.6 Å². The second kappa shape index (κ2) is 11.1. The maximum atomic E-state index is 13.2. The molecule has 1 fully saturated rings. The van der Waals surface area contributed by atoms with E-state index in [9.17, 15) is 13.2 Å². The third kappa shape index (κ3) is 6.12. The number of ether oxygens (including phenoxy) is 3. The number of halogens is 1. The summed E-state index contributed by atoms with van der Waals surface area (Å²) in [4.78, 5) is 13.0. The Morgan fingerprint density at radius 2 is 1.66 bits per heavy atom. The molecular weight excluding hydrogens is 492 g/mol. The number of morpholine rings is 1. The fraction of sp³-hybridized carbons (Fsp3) is 0.240. The Bertz CT molecular complexity index is 1270. The van der Waals surface area contributed by atoms with Crippen LogP contribution in [0.1, 0.15) is 17.3 Å². The molecule has 184 valence electrons. The van der Waals surface area contributed by atoms with Crippen LogP contribution in [-0.4, -0.2) is 51.5 Å². The average Bonchev–Trinajstić information content (AvgIpc) is 2.87. The topological polar surface area (TPSA) is 94.2 Å². The average molecular weight is 517 g/mol. The van der Waals surface area contributed by atoms with Crippen molar-refractivity contribution in [1.82, 2.24) is 4.31 Å². The molecule has 0 aliphatic carbocycles. The molecule has 0 saturated carbocycles. The summed E-state index contributed by atoms with van der Waals surface area (Å²) in [6.07, 6.45) is 0. The zero-order chi connectivity index (χ0) is 24.8. The first kappa shape index (κ1) is 25.0. The number of benzene rings is 3. The normalized spacial score (nSPS) is 14.3. The first-order chi connectivity index (χ1) is 16.9. The van der Waals surface area contributed by atoms with Crippen molar-refractivity contribution in [3.05, 3.63) is 77.3 Å². The van der Waals surface area contributed by atoms with E-state index in [1.165, 1.54) is 22.5 Å². The van der Waals surface area contributed by atoms with E-state index in [1.807, 2.05) is 6.92 Å². The van der Waals surface area contributed by atoms with Crippen LogP contribution in [0.15, 0.2) is 71.6 Å². The van der Waals surface area contributed by atoms with Crippen molar-refractivity contribution in [2.24, 2.45) is 0 Å². The van der Waals surface area contributed by atoms with E-state index in [-0.39, 0.29) is 29.4 Å². The van der Waals surface area contributed by atoms with Crippen LogP contribution in [0.5, 0.6) is 17.2 Å². The molecule has 0 unspecified atom stereocenters. The van der Waals surface area contributed by atoms with Crippen molar-refractivity contribution in [1.29, 1.82) is 0 Å². The van der Waals surface area contributed by atoms with E-state index in [2.05, 4.69) is 5.32 Å². The molecule has 1 aliphatic rings. The number of nitrogens with zero attached hydrogens (tertiary/aromatic N) is 1. The minimum Gasteiger partial charge on any atom is -0.494 e. The summed E-state index contributed by atoms with van der Waals surface area (Å²) in [5.74, 6) is 1.05. The lowest BCUT2D eigenvalue weighted by atomic mass is 10.2. The largest absolute Gasteiger partial charge is 0.494 e. The monoisotopic (exact) mass is 516 g/mol. The van der Waals surface area contributed by atoms with Crippen LogP contribution in [0.3, 0.4) is 0 Å². The Kier molecular flexibility index (Phi) is 7.92. The zero-order valence-corrected chi connectivity index (χ0v) is 20.6. The maximum absolute atomic E-state index is 13.2. The van der Waals surface area contributed by atoms with Gasteiger partial charge in [-0.2, -0.15) is 4.31 Å². The van der Waals surface area contributed by atoms with Gasteiger partial charge in [0, 0.05) is 23.7 Å². The highest BCUT2D eigenvalue weighted by atomic mass is 35.5. The van der Waals surface area contributed by atoms with Gasteiger partial charge in [-0.25, -0.2) is 8.42 Å². The summed E-state index contributed by atoms with van der Waals surface area (Å²) >= 11 is 5.93. The van der Waals surface area contributed by atoms with E-state index in [0.717, 1.165) is 0 Å². The quantitative estimate of drug-likeness (QED) is 0.462. The minimum absolute atomic E-state index is 0.0462. The molecule has 1 heterocycles. The number of anilines is 1. The Morgan fingerprint density at radius 1 is 1.00 bits per heavy atom. The number of rotatable bonds is 8. The van der Waals surface area contributed by atoms with Crippen LogP contribution in [0.4, 0.5) is 5.69 Å². The van der Waals surface area contributed by atoms with E-state index in [4.69, 9.17) is 25.8 Å². The molecule has 0 aromatic heterocycles. The summed E-state index contributed by atoms with van der Waals surface area (Å²) in [7, 11) is -3.78. The van der Waals surface area contributed by atoms with Crippen LogP contribution < -0.4 is 14.8 Å². The molecule has 1 amide bonds. The van der Waals surface area contributed by atoms with Crippen LogP contribution in [-0.2, 0) is 14.8 Å². The second-order valence-electron chi connectivity index (χ2n) is 7.64. The highest BCUT2D eigenvalue weighted by Gasteiger charge is 2.27. The van der Waals surface area contributed by atoms with Gasteiger partial charge in [0.25, 0.3) is 5.91 Å². The molecule has 8 nitrogen and oxygen atoms in total. The number of sulfonamides is 1. The predicted molar refractivity (Wildman–Crippen MR) is 133 cm³/mol. The molecule has 3 aromatic carbocycles. The molecule has 35 heavy (non-hydrogen) atoms. The van der Waals surface area contributed by atoms with Crippen molar-refractivity contribution in [2.75, 3.05) is 38.2 Å².